The normalized spacial score (nSPS) is 11.0. The summed E-state index contributed by atoms with van der Waals surface area (Å²) in [6.45, 7) is -0.578. The maximum Gasteiger partial charge on any atom is 0.322 e. The van der Waals surface area contributed by atoms with Crippen LogP contribution in [0.3, 0.4) is 0 Å². The van der Waals surface area contributed by atoms with Gasteiger partial charge < -0.3 is 15.5 Å². The van der Waals surface area contributed by atoms with Gasteiger partial charge in [-0.3, -0.25) is 14.6 Å². The standard InChI is InChI=1S/C18H13N5O4/c24-14(25)8-20-18(27)15-16(26)11-5-4-10(13-3-1-2-6-19-13)7-12(11)17-21-9-22-23(15)17/h1-7,9,26H,8H2,(H,20,27)(H,24,25). The number of carbonyl (C=O) groups is 2. The number of fused-ring (bicyclic) bond motifs is 3. The Bertz CT molecular complexity index is 1190. The van der Waals surface area contributed by atoms with E-state index in [1.807, 2.05) is 18.2 Å². The molecule has 0 spiro atoms. The number of nitrogens with one attached hydrogen (secondary N) is 1. The zero-order chi connectivity index (χ0) is 19.0. The number of aromatic nitrogens is 4. The molecule has 0 aliphatic rings. The second kappa shape index (κ2) is 6.37. The fraction of sp³-hybridized carbons (Fsp3) is 0.0556. The van der Waals surface area contributed by atoms with Crippen molar-refractivity contribution in [3.63, 3.8) is 0 Å². The first kappa shape index (κ1) is 16.5. The predicted molar refractivity (Wildman–Crippen MR) is 95.4 cm³/mol. The maximum absolute atomic E-state index is 12.4. The van der Waals surface area contributed by atoms with Crippen molar-refractivity contribution in [2.75, 3.05) is 6.54 Å². The summed E-state index contributed by atoms with van der Waals surface area (Å²) in [4.78, 5) is 31.6. The minimum atomic E-state index is -1.20. The number of pyridine rings is 2. The Kier molecular flexibility index (Phi) is 3.88. The van der Waals surface area contributed by atoms with Crippen LogP contribution in [0.15, 0.2) is 48.9 Å². The van der Waals surface area contributed by atoms with Gasteiger partial charge in [-0.15, -0.1) is 0 Å². The van der Waals surface area contributed by atoms with Crippen LogP contribution < -0.4 is 5.32 Å². The van der Waals surface area contributed by atoms with E-state index in [1.54, 1.807) is 24.4 Å². The Balaban J connectivity index is 1.92. The van der Waals surface area contributed by atoms with Gasteiger partial charge in [-0.1, -0.05) is 12.1 Å². The number of carboxylic acids is 1. The number of hydrogen-bond acceptors (Lipinski definition) is 6. The van der Waals surface area contributed by atoms with Gasteiger partial charge in [0.05, 0.1) is 5.69 Å². The molecule has 3 heterocycles. The van der Waals surface area contributed by atoms with Crippen molar-refractivity contribution in [3.05, 3.63) is 54.6 Å². The van der Waals surface area contributed by atoms with Crippen molar-refractivity contribution in [2.24, 2.45) is 0 Å². The molecule has 0 unspecified atom stereocenters. The molecule has 0 bridgehead atoms. The third-order valence-electron chi connectivity index (χ3n) is 4.08. The van der Waals surface area contributed by atoms with Gasteiger partial charge >= 0.3 is 5.97 Å². The van der Waals surface area contributed by atoms with E-state index in [9.17, 15) is 14.7 Å². The van der Waals surface area contributed by atoms with Gasteiger partial charge in [0.15, 0.2) is 17.1 Å². The number of carbonyl (C=O) groups excluding carboxylic acids is 1. The van der Waals surface area contributed by atoms with Gasteiger partial charge in [-0.05, 0) is 24.3 Å². The van der Waals surface area contributed by atoms with Crippen molar-refractivity contribution >= 4 is 28.3 Å². The quantitative estimate of drug-likeness (QED) is 0.500. The third-order valence-corrected chi connectivity index (χ3v) is 4.08. The maximum atomic E-state index is 12.4. The Hall–Kier alpha value is -4.01. The SMILES string of the molecule is O=C(O)CNC(=O)c1c(O)c2ccc(-c3ccccn3)cc2c2ncnn12. The number of hydrogen-bond donors (Lipinski definition) is 3. The molecule has 0 fully saturated rings. The van der Waals surface area contributed by atoms with Gasteiger partial charge in [0.25, 0.3) is 5.91 Å². The van der Waals surface area contributed by atoms with Crippen molar-refractivity contribution < 1.29 is 19.8 Å². The van der Waals surface area contributed by atoms with E-state index in [4.69, 9.17) is 5.11 Å². The molecule has 0 aliphatic carbocycles. The second-order valence-electron chi connectivity index (χ2n) is 5.74. The van der Waals surface area contributed by atoms with E-state index in [-0.39, 0.29) is 11.4 Å². The van der Waals surface area contributed by atoms with Crippen molar-refractivity contribution in [1.82, 2.24) is 24.9 Å². The molecule has 4 aromatic rings. The predicted octanol–water partition coefficient (Wildman–Crippen LogP) is 1.46. The largest absolute Gasteiger partial charge is 0.505 e. The van der Waals surface area contributed by atoms with Crippen LogP contribution in [0.5, 0.6) is 5.75 Å². The molecule has 27 heavy (non-hydrogen) atoms. The van der Waals surface area contributed by atoms with Crippen molar-refractivity contribution in [2.45, 2.75) is 0 Å². The molecule has 4 rings (SSSR count). The van der Waals surface area contributed by atoms with Crippen LogP contribution in [0.25, 0.3) is 27.7 Å². The number of aromatic hydroxyl groups is 1. The van der Waals surface area contributed by atoms with E-state index in [0.29, 0.717) is 16.4 Å². The summed E-state index contributed by atoms with van der Waals surface area (Å²) in [5.74, 6) is -2.27. The molecular formula is C18H13N5O4. The van der Waals surface area contributed by atoms with Crippen LogP contribution in [0, 0.1) is 0 Å². The Morgan fingerprint density at radius 1 is 1.11 bits per heavy atom. The smallest absolute Gasteiger partial charge is 0.322 e. The van der Waals surface area contributed by atoms with Crippen LogP contribution in [0.2, 0.25) is 0 Å². The van der Waals surface area contributed by atoms with E-state index in [1.165, 1.54) is 10.8 Å². The molecule has 9 nitrogen and oxygen atoms in total. The highest BCUT2D eigenvalue weighted by molar-refractivity contribution is 6.07. The molecule has 0 aliphatic heterocycles. The van der Waals surface area contributed by atoms with E-state index < -0.39 is 18.4 Å². The van der Waals surface area contributed by atoms with E-state index in [2.05, 4.69) is 20.4 Å². The summed E-state index contributed by atoms with van der Waals surface area (Å²) in [6, 6.07) is 10.8. The summed E-state index contributed by atoms with van der Waals surface area (Å²) in [5, 5.41) is 26.6. The van der Waals surface area contributed by atoms with Gasteiger partial charge in [0.1, 0.15) is 12.9 Å². The Morgan fingerprint density at radius 2 is 1.96 bits per heavy atom. The van der Waals surface area contributed by atoms with Gasteiger partial charge in [0, 0.05) is 22.5 Å². The van der Waals surface area contributed by atoms with Crippen LogP contribution in [0.4, 0.5) is 0 Å². The van der Waals surface area contributed by atoms with Gasteiger partial charge in [-0.2, -0.15) is 5.10 Å². The molecule has 1 amide bonds. The number of nitrogens with zero attached hydrogens (tertiary/aromatic N) is 4. The summed E-state index contributed by atoms with van der Waals surface area (Å²) in [5.41, 5.74) is 1.75. The fourth-order valence-electron chi connectivity index (χ4n) is 2.89. The van der Waals surface area contributed by atoms with Crippen LogP contribution in [-0.2, 0) is 4.79 Å². The summed E-state index contributed by atoms with van der Waals surface area (Å²) >= 11 is 0. The molecular weight excluding hydrogens is 350 g/mol. The lowest BCUT2D eigenvalue weighted by Gasteiger charge is -2.11. The minimum absolute atomic E-state index is 0.179. The molecule has 0 saturated carbocycles. The van der Waals surface area contributed by atoms with Gasteiger partial charge in [0.2, 0.25) is 0 Å². The van der Waals surface area contributed by atoms with Crippen molar-refractivity contribution in [3.8, 4) is 17.0 Å². The highest BCUT2D eigenvalue weighted by Gasteiger charge is 2.22. The average molecular weight is 363 g/mol. The van der Waals surface area contributed by atoms with Crippen LogP contribution in [0.1, 0.15) is 10.5 Å². The topological polar surface area (TPSA) is 130 Å². The molecule has 134 valence electrons. The van der Waals surface area contributed by atoms with Gasteiger partial charge in [-0.25, -0.2) is 9.50 Å². The number of amides is 1. The molecule has 0 radical (unpaired) electrons. The first-order valence-corrected chi connectivity index (χ1v) is 7.96. The monoisotopic (exact) mass is 363 g/mol. The molecule has 1 aromatic carbocycles. The lowest BCUT2D eigenvalue weighted by molar-refractivity contribution is -0.135. The highest BCUT2D eigenvalue weighted by atomic mass is 16.4. The summed E-state index contributed by atoms with van der Waals surface area (Å²) in [6.07, 6.45) is 2.94. The fourth-order valence-corrected chi connectivity index (χ4v) is 2.89. The molecule has 3 aromatic heterocycles. The van der Waals surface area contributed by atoms with Crippen LogP contribution >= 0.6 is 0 Å². The minimum Gasteiger partial charge on any atom is -0.505 e. The zero-order valence-electron chi connectivity index (χ0n) is 13.8. The van der Waals surface area contributed by atoms with E-state index in [0.717, 1.165) is 11.3 Å². The van der Waals surface area contributed by atoms with Crippen molar-refractivity contribution in [1.29, 1.82) is 0 Å². The zero-order valence-corrected chi connectivity index (χ0v) is 13.8. The number of rotatable bonds is 4. The number of benzene rings is 1. The van der Waals surface area contributed by atoms with Crippen LogP contribution in [-0.4, -0.2) is 48.2 Å². The highest BCUT2D eigenvalue weighted by Crippen LogP contribution is 2.33. The Morgan fingerprint density at radius 3 is 2.70 bits per heavy atom. The number of carboxylic acid groups (broad SMARTS) is 1. The third kappa shape index (κ3) is 2.80. The molecule has 3 N–H and O–H groups in total. The molecule has 9 heteroatoms. The summed E-state index contributed by atoms with van der Waals surface area (Å²) in [7, 11) is 0. The molecule has 0 saturated heterocycles. The number of aliphatic carboxylic acids is 1. The average Bonchev–Trinajstić information content (AvgIpc) is 3.16. The first-order chi connectivity index (χ1) is 13.1. The Labute approximate surface area is 151 Å². The lowest BCUT2D eigenvalue weighted by Crippen LogP contribution is -2.31. The second-order valence-corrected chi connectivity index (χ2v) is 5.74. The summed E-state index contributed by atoms with van der Waals surface area (Å²) < 4.78 is 1.19. The molecule has 0 atom stereocenters. The lowest BCUT2D eigenvalue weighted by atomic mass is 10.0. The first-order valence-electron chi connectivity index (χ1n) is 7.96. The van der Waals surface area contributed by atoms with E-state index >= 15 is 0 Å².